The van der Waals surface area contributed by atoms with Crippen LogP contribution in [0, 0.1) is 6.92 Å². The molecule has 0 saturated carbocycles. The van der Waals surface area contributed by atoms with Crippen LogP contribution in [-0.4, -0.2) is 80.5 Å². The van der Waals surface area contributed by atoms with Crippen molar-refractivity contribution in [2.24, 2.45) is 5.73 Å². The fourth-order valence-corrected chi connectivity index (χ4v) is 4.33. The Morgan fingerprint density at radius 2 is 1.42 bits per heavy atom. The van der Waals surface area contributed by atoms with E-state index in [1.54, 1.807) is 12.1 Å². The van der Waals surface area contributed by atoms with Crippen LogP contribution in [0.5, 0.6) is 0 Å². The molecule has 7 heteroatoms. The Morgan fingerprint density at radius 3 is 2.03 bits per heavy atom. The number of amides is 2. The van der Waals surface area contributed by atoms with Gasteiger partial charge in [0.1, 0.15) is 0 Å². The van der Waals surface area contributed by atoms with Crippen LogP contribution in [0.4, 0.5) is 11.4 Å². The van der Waals surface area contributed by atoms with E-state index in [-0.39, 0.29) is 5.91 Å². The summed E-state index contributed by atoms with van der Waals surface area (Å²) in [5.41, 5.74) is 9.43. The van der Waals surface area contributed by atoms with E-state index in [1.165, 1.54) is 11.3 Å². The van der Waals surface area contributed by atoms with Crippen LogP contribution in [0.3, 0.4) is 0 Å². The fourth-order valence-electron chi connectivity index (χ4n) is 4.33. The van der Waals surface area contributed by atoms with Crippen LogP contribution in [-0.2, 0) is 4.79 Å². The molecule has 2 aliphatic rings. The van der Waals surface area contributed by atoms with Crippen molar-refractivity contribution >= 4 is 23.2 Å². The van der Waals surface area contributed by atoms with E-state index in [9.17, 15) is 9.59 Å². The van der Waals surface area contributed by atoms with Gasteiger partial charge < -0.3 is 20.4 Å². The Morgan fingerprint density at radius 1 is 0.806 bits per heavy atom. The standard InChI is InChI=1S/C24H31N5O2/c1-19-3-2-4-22(17-19)28-13-15-29(16-14-28)23(30)18-26-9-11-27(12-10-26)21-7-5-20(6-8-21)24(25)31/h2-8,17H,9-16,18H2,1H3,(H2,25,31). The number of anilines is 2. The van der Waals surface area contributed by atoms with Crippen molar-refractivity contribution < 1.29 is 9.59 Å². The molecule has 31 heavy (non-hydrogen) atoms. The average Bonchev–Trinajstić information content (AvgIpc) is 2.80. The number of carbonyl (C=O) groups excluding carboxylic acids is 2. The van der Waals surface area contributed by atoms with E-state index < -0.39 is 5.91 Å². The van der Waals surface area contributed by atoms with Crippen molar-refractivity contribution in [1.82, 2.24) is 9.80 Å². The Hall–Kier alpha value is -3.06. The van der Waals surface area contributed by atoms with Crippen molar-refractivity contribution in [1.29, 1.82) is 0 Å². The Kier molecular flexibility index (Phi) is 6.42. The summed E-state index contributed by atoms with van der Waals surface area (Å²) in [4.78, 5) is 32.9. The van der Waals surface area contributed by atoms with E-state index in [1.807, 2.05) is 17.0 Å². The molecule has 0 unspecified atom stereocenters. The predicted molar refractivity (Wildman–Crippen MR) is 124 cm³/mol. The van der Waals surface area contributed by atoms with E-state index >= 15 is 0 Å². The minimum atomic E-state index is -0.408. The van der Waals surface area contributed by atoms with Crippen molar-refractivity contribution in [2.75, 3.05) is 68.7 Å². The van der Waals surface area contributed by atoms with Crippen LogP contribution in [0.2, 0.25) is 0 Å². The molecule has 2 saturated heterocycles. The molecule has 4 rings (SSSR count). The normalized spacial score (nSPS) is 17.6. The summed E-state index contributed by atoms with van der Waals surface area (Å²) >= 11 is 0. The van der Waals surface area contributed by atoms with Gasteiger partial charge in [0.25, 0.3) is 0 Å². The maximum atomic E-state index is 12.8. The molecular formula is C24H31N5O2. The Bertz CT molecular complexity index is 914. The minimum absolute atomic E-state index is 0.225. The van der Waals surface area contributed by atoms with Crippen molar-refractivity contribution in [3.05, 3.63) is 59.7 Å². The molecule has 0 aromatic heterocycles. The number of primary amides is 1. The van der Waals surface area contributed by atoms with Crippen LogP contribution < -0.4 is 15.5 Å². The summed E-state index contributed by atoms with van der Waals surface area (Å²) in [5, 5.41) is 0. The van der Waals surface area contributed by atoms with Crippen molar-refractivity contribution in [3.8, 4) is 0 Å². The smallest absolute Gasteiger partial charge is 0.248 e. The summed E-state index contributed by atoms with van der Waals surface area (Å²) in [6.07, 6.45) is 0. The zero-order chi connectivity index (χ0) is 21.8. The molecule has 0 radical (unpaired) electrons. The molecule has 0 aliphatic carbocycles. The minimum Gasteiger partial charge on any atom is -0.369 e. The molecule has 2 aliphatic heterocycles. The number of piperazine rings is 2. The summed E-state index contributed by atoms with van der Waals surface area (Å²) in [7, 11) is 0. The number of carbonyl (C=O) groups is 2. The lowest BCUT2D eigenvalue weighted by atomic mass is 10.1. The van der Waals surface area contributed by atoms with Gasteiger partial charge in [-0.1, -0.05) is 12.1 Å². The number of hydrogen-bond acceptors (Lipinski definition) is 5. The summed E-state index contributed by atoms with van der Waals surface area (Å²) < 4.78 is 0. The van der Waals surface area contributed by atoms with Crippen molar-refractivity contribution in [2.45, 2.75) is 6.92 Å². The highest BCUT2D eigenvalue weighted by molar-refractivity contribution is 5.93. The maximum absolute atomic E-state index is 12.8. The van der Waals surface area contributed by atoms with Gasteiger partial charge in [0.2, 0.25) is 11.8 Å². The first-order chi connectivity index (χ1) is 15.0. The number of hydrogen-bond donors (Lipinski definition) is 1. The summed E-state index contributed by atoms with van der Waals surface area (Å²) in [5.74, 6) is -0.183. The fraction of sp³-hybridized carbons (Fsp3) is 0.417. The molecule has 0 atom stereocenters. The third-order valence-electron chi connectivity index (χ3n) is 6.25. The predicted octanol–water partition coefficient (Wildman–Crippen LogP) is 1.56. The Balaban J connectivity index is 1.23. The lowest BCUT2D eigenvalue weighted by Crippen LogP contribution is -2.54. The molecule has 2 N–H and O–H groups in total. The van der Waals surface area contributed by atoms with Crippen LogP contribution >= 0.6 is 0 Å². The summed E-state index contributed by atoms with van der Waals surface area (Å²) in [6.45, 7) is 9.35. The van der Waals surface area contributed by atoms with Gasteiger partial charge >= 0.3 is 0 Å². The number of nitrogens with two attached hydrogens (primary N) is 1. The third kappa shape index (κ3) is 5.17. The first-order valence-corrected chi connectivity index (χ1v) is 11.0. The van der Waals surface area contributed by atoms with Gasteiger partial charge in [-0.15, -0.1) is 0 Å². The Labute approximate surface area is 184 Å². The molecule has 2 amide bonds. The number of rotatable bonds is 5. The molecule has 0 bridgehead atoms. The number of nitrogens with zero attached hydrogens (tertiary/aromatic N) is 4. The van der Waals surface area contributed by atoms with Crippen molar-refractivity contribution in [3.63, 3.8) is 0 Å². The molecule has 0 spiro atoms. The van der Waals surface area contributed by atoms with Gasteiger partial charge in [0, 0.05) is 69.3 Å². The van der Waals surface area contributed by atoms with E-state index in [0.29, 0.717) is 12.1 Å². The van der Waals surface area contributed by atoms with Gasteiger partial charge in [-0.3, -0.25) is 14.5 Å². The molecule has 2 aromatic rings. The molecule has 2 aromatic carbocycles. The molecule has 2 fully saturated rings. The van der Waals surface area contributed by atoms with Crippen LogP contribution in [0.15, 0.2) is 48.5 Å². The average molecular weight is 422 g/mol. The van der Waals surface area contributed by atoms with Gasteiger partial charge in [0.05, 0.1) is 6.54 Å². The molecular weight excluding hydrogens is 390 g/mol. The first kappa shape index (κ1) is 21.2. The zero-order valence-corrected chi connectivity index (χ0v) is 18.2. The lowest BCUT2D eigenvalue weighted by molar-refractivity contribution is -0.132. The third-order valence-corrected chi connectivity index (χ3v) is 6.25. The SMILES string of the molecule is Cc1cccc(N2CCN(C(=O)CN3CCN(c4ccc(C(N)=O)cc4)CC3)CC2)c1. The van der Waals surface area contributed by atoms with Crippen LogP contribution in [0.1, 0.15) is 15.9 Å². The molecule has 164 valence electrons. The molecule has 2 heterocycles. The van der Waals surface area contributed by atoms with Gasteiger partial charge in [-0.25, -0.2) is 0 Å². The van der Waals surface area contributed by atoms with Gasteiger partial charge in [0.15, 0.2) is 0 Å². The second kappa shape index (κ2) is 9.39. The highest BCUT2D eigenvalue weighted by Gasteiger charge is 2.25. The van der Waals surface area contributed by atoms with E-state index in [2.05, 4.69) is 45.9 Å². The van der Waals surface area contributed by atoms with Gasteiger partial charge in [-0.05, 0) is 48.9 Å². The van der Waals surface area contributed by atoms with E-state index in [0.717, 1.165) is 58.0 Å². The highest BCUT2D eigenvalue weighted by atomic mass is 16.2. The van der Waals surface area contributed by atoms with Crippen LogP contribution in [0.25, 0.3) is 0 Å². The zero-order valence-electron chi connectivity index (χ0n) is 18.2. The lowest BCUT2D eigenvalue weighted by Gasteiger charge is -2.39. The monoisotopic (exact) mass is 421 g/mol. The second-order valence-electron chi connectivity index (χ2n) is 8.38. The topological polar surface area (TPSA) is 73.1 Å². The largest absolute Gasteiger partial charge is 0.369 e. The number of benzene rings is 2. The summed E-state index contributed by atoms with van der Waals surface area (Å²) in [6, 6.07) is 16.0. The first-order valence-electron chi connectivity index (χ1n) is 11.0. The maximum Gasteiger partial charge on any atom is 0.248 e. The second-order valence-corrected chi connectivity index (χ2v) is 8.38. The van der Waals surface area contributed by atoms with Gasteiger partial charge in [-0.2, -0.15) is 0 Å². The number of aryl methyl sites for hydroxylation is 1. The highest BCUT2D eigenvalue weighted by Crippen LogP contribution is 2.19. The van der Waals surface area contributed by atoms with E-state index in [4.69, 9.17) is 5.73 Å². The molecule has 7 nitrogen and oxygen atoms in total. The quantitative estimate of drug-likeness (QED) is 0.793.